The van der Waals surface area contributed by atoms with Gasteiger partial charge in [0.25, 0.3) is 11.8 Å². The summed E-state index contributed by atoms with van der Waals surface area (Å²) >= 11 is 7.16. The molecule has 1 aromatic heterocycles. The molecule has 0 fully saturated rings. The van der Waals surface area contributed by atoms with Gasteiger partial charge in [0, 0.05) is 5.02 Å². The Hall–Kier alpha value is -2.91. The molecular weight excluding hydrogens is 382 g/mol. The Balaban J connectivity index is 2.18. The molecule has 1 atom stereocenters. The van der Waals surface area contributed by atoms with Gasteiger partial charge in [-0.3, -0.25) is 14.9 Å². The van der Waals surface area contributed by atoms with Gasteiger partial charge < -0.3 is 15.8 Å². The number of benzene rings is 1. The van der Waals surface area contributed by atoms with Crippen LogP contribution in [0.4, 0.5) is 10.5 Å². The van der Waals surface area contributed by atoms with Crippen LogP contribution < -0.4 is 16.4 Å². The average molecular weight is 396 g/mol. The van der Waals surface area contributed by atoms with E-state index in [1.54, 1.807) is 17.5 Å². The van der Waals surface area contributed by atoms with Gasteiger partial charge in [-0.1, -0.05) is 17.7 Å². The number of esters is 1. The number of amides is 4. The maximum absolute atomic E-state index is 12.3. The summed E-state index contributed by atoms with van der Waals surface area (Å²) in [6, 6.07) is 6.45. The zero-order chi connectivity index (χ0) is 19.3. The first-order valence-electron chi connectivity index (χ1n) is 7.23. The molecule has 8 nitrogen and oxygen atoms in total. The predicted molar refractivity (Wildman–Crippen MR) is 96.3 cm³/mol. The molecule has 2 rings (SSSR count). The Morgan fingerprint density at radius 2 is 1.96 bits per heavy atom. The third-order valence-electron chi connectivity index (χ3n) is 3.09. The lowest BCUT2D eigenvalue weighted by Crippen LogP contribution is -2.42. The van der Waals surface area contributed by atoms with Crippen molar-refractivity contribution in [1.82, 2.24) is 5.32 Å². The Bertz CT molecular complexity index is 854. The van der Waals surface area contributed by atoms with E-state index < -0.39 is 29.9 Å². The Morgan fingerprint density at radius 3 is 2.58 bits per heavy atom. The number of nitrogens with one attached hydrogen (secondary N) is 2. The van der Waals surface area contributed by atoms with Crippen molar-refractivity contribution in [3.8, 4) is 0 Å². The van der Waals surface area contributed by atoms with Crippen molar-refractivity contribution in [2.45, 2.75) is 13.0 Å². The van der Waals surface area contributed by atoms with E-state index in [0.717, 1.165) is 0 Å². The standard InChI is InChI=1S/C16H14ClN3O5S/c1-8(13(21)20-16(18)24)25-15(23)10-5-4-9(17)7-11(10)19-14(22)12-3-2-6-26-12/h2-8H,1H3,(H,19,22)(H3,18,20,21,24)/t8-/m1/s1. The van der Waals surface area contributed by atoms with Crippen LogP contribution in [0.3, 0.4) is 0 Å². The molecule has 4 N–H and O–H groups in total. The van der Waals surface area contributed by atoms with Crippen LogP contribution in [0.15, 0.2) is 35.7 Å². The molecular formula is C16H14ClN3O5S. The van der Waals surface area contributed by atoms with Crippen LogP contribution >= 0.6 is 22.9 Å². The molecule has 26 heavy (non-hydrogen) atoms. The van der Waals surface area contributed by atoms with E-state index in [0.29, 0.717) is 9.90 Å². The number of thiophene rings is 1. The molecule has 1 aromatic carbocycles. The average Bonchev–Trinajstić information content (AvgIpc) is 3.08. The molecule has 0 bridgehead atoms. The summed E-state index contributed by atoms with van der Waals surface area (Å²) < 4.78 is 5.00. The van der Waals surface area contributed by atoms with Gasteiger partial charge >= 0.3 is 12.0 Å². The van der Waals surface area contributed by atoms with Crippen molar-refractivity contribution in [2.75, 3.05) is 5.32 Å². The normalized spacial score (nSPS) is 11.3. The van der Waals surface area contributed by atoms with Crippen molar-refractivity contribution in [3.63, 3.8) is 0 Å². The lowest BCUT2D eigenvalue weighted by molar-refractivity contribution is -0.127. The molecule has 4 amide bonds. The van der Waals surface area contributed by atoms with E-state index in [9.17, 15) is 19.2 Å². The van der Waals surface area contributed by atoms with Gasteiger partial charge in [-0.05, 0) is 36.6 Å². The molecule has 0 aliphatic carbocycles. The van der Waals surface area contributed by atoms with E-state index in [1.807, 2.05) is 5.32 Å². The first-order chi connectivity index (χ1) is 12.3. The highest BCUT2D eigenvalue weighted by atomic mass is 35.5. The number of urea groups is 1. The number of hydrogen-bond donors (Lipinski definition) is 3. The number of anilines is 1. The van der Waals surface area contributed by atoms with Crippen LogP contribution in [-0.4, -0.2) is 29.9 Å². The van der Waals surface area contributed by atoms with Crippen molar-refractivity contribution in [1.29, 1.82) is 0 Å². The fourth-order valence-electron chi connectivity index (χ4n) is 1.89. The Morgan fingerprint density at radius 1 is 1.23 bits per heavy atom. The maximum Gasteiger partial charge on any atom is 0.341 e. The van der Waals surface area contributed by atoms with Gasteiger partial charge in [-0.15, -0.1) is 11.3 Å². The summed E-state index contributed by atoms with van der Waals surface area (Å²) in [5.41, 5.74) is 4.97. The molecule has 136 valence electrons. The Kier molecular flexibility index (Phi) is 6.31. The molecule has 0 radical (unpaired) electrons. The lowest BCUT2D eigenvalue weighted by Gasteiger charge is -2.14. The Labute approximate surface area is 157 Å². The number of carbonyl (C=O) groups excluding carboxylic acids is 4. The van der Waals surface area contributed by atoms with Gasteiger partial charge in [0.15, 0.2) is 6.10 Å². The van der Waals surface area contributed by atoms with Gasteiger partial charge in [0.2, 0.25) is 0 Å². The maximum atomic E-state index is 12.3. The monoisotopic (exact) mass is 395 g/mol. The highest BCUT2D eigenvalue weighted by molar-refractivity contribution is 7.12. The number of halogens is 1. The smallest absolute Gasteiger partial charge is 0.341 e. The van der Waals surface area contributed by atoms with Gasteiger partial charge in [0.1, 0.15) is 0 Å². The fraction of sp³-hybridized carbons (Fsp3) is 0.125. The quantitative estimate of drug-likeness (QED) is 0.669. The SMILES string of the molecule is C[C@@H](OC(=O)c1ccc(Cl)cc1NC(=O)c1cccs1)C(=O)NC(N)=O. The fourth-order valence-corrected chi connectivity index (χ4v) is 2.68. The number of rotatable bonds is 5. The van der Waals surface area contributed by atoms with E-state index in [4.69, 9.17) is 22.1 Å². The molecule has 10 heteroatoms. The summed E-state index contributed by atoms with van der Waals surface area (Å²) in [4.78, 5) is 47.3. The topological polar surface area (TPSA) is 128 Å². The van der Waals surface area contributed by atoms with E-state index in [2.05, 4.69) is 5.32 Å². The first-order valence-corrected chi connectivity index (χ1v) is 8.49. The minimum Gasteiger partial charge on any atom is -0.449 e. The zero-order valence-electron chi connectivity index (χ0n) is 13.4. The molecule has 0 unspecified atom stereocenters. The first kappa shape index (κ1) is 19.4. The summed E-state index contributed by atoms with van der Waals surface area (Å²) in [7, 11) is 0. The number of ether oxygens (including phenoxy) is 1. The molecule has 1 heterocycles. The largest absolute Gasteiger partial charge is 0.449 e. The number of imide groups is 1. The van der Waals surface area contributed by atoms with Crippen molar-refractivity contribution >= 4 is 52.4 Å². The third-order valence-corrected chi connectivity index (χ3v) is 4.20. The zero-order valence-corrected chi connectivity index (χ0v) is 15.0. The minimum atomic E-state index is -1.27. The summed E-state index contributed by atoms with van der Waals surface area (Å²) in [5.74, 6) is -2.17. The van der Waals surface area contributed by atoms with Gasteiger partial charge in [-0.25, -0.2) is 9.59 Å². The number of primary amides is 1. The second-order valence-electron chi connectivity index (χ2n) is 5.02. The molecule has 0 spiro atoms. The van der Waals surface area contributed by atoms with Crippen molar-refractivity contribution in [3.05, 3.63) is 51.2 Å². The molecule has 2 aromatic rings. The second-order valence-corrected chi connectivity index (χ2v) is 6.41. The highest BCUT2D eigenvalue weighted by Crippen LogP contribution is 2.24. The van der Waals surface area contributed by atoms with Crippen LogP contribution in [0.2, 0.25) is 5.02 Å². The molecule has 0 saturated carbocycles. The van der Waals surface area contributed by atoms with E-state index in [1.165, 1.54) is 36.5 Å². The van der Waals surface area contributed by atoms with Crippen LogP contribution in [0.25, 0.3) is 0 Å². The van der Waals surface area contributed by atoms with Gasteiger partial charge in [-0.2, -0.15) is 0 Å². The van der Waals surface area contributed by atoms with Crippen molar-refractivity contribution < 1.29 is 23.9 Å². The van der Waals surface area contributed by atoms with Gasteiger partial charge in [0.05, 0.1) is 16.1 Å². The number of hydrogen-bond acceptors (Lipinski definition) is 6. The van der Waals surface area contributed by atoms with Crippen LogP contribution in [0, 0.1) is 0 Å². The third kappa shape index (κ3) is 5.04. The molecule has 0 saturated heterocycles. The lowest BCUT2D eigenvalue weighted by atomic mass is 10.1. The van der Waals surface area contributed by atoms with Crippen molar-refractivity contribution in [2.24, 2.45) is 5.73 Å². The predicted octanol–water partition coefficient (Wildman–Crippen LogP) is 2.39. The second kappa shape index (κ2) is 8.45. The molecule has 0 aliphatic heterocycles. The van der Waals surface area contributed by atoms with E-state index in [-0.39, 0.29) is 11.3 Å². The van der Waals surface area contributed by atoms with E-state index >= 15 is 0 Å². The summed E-state index contributed by atoms with van der Waals surface area (Å²) in [5, 5.41) is 6.42. The summed E-state index contributed by atoms with van der Waals surface area (Å²) in [6.45, 7) is 1.27. The number of carbonyl (C=O) groups is 4. The molecule has 0 aliphatic rings. The van der Waals surface area contributed by atoms with Crippen LogP contribution in [-0.2, 0) is 9.53 Å². The number of nitrogens with two attached hydrogens (primary N) is 1. The minimum absolute atomic E-state index is 0.00182. The highest BCUT2D eigenvalue weighted by Gasteiger charge is 2.23. The van der Waals surface area contributed by atoms with Crippen LogP contribution in [0.5, 0.6) is 0 Å². The summed E-state index contributed by atoms with van der Waals surface area (Å²) in [6.07, 6.45) is -1.27. The van der Waals surface area contributed by atoms with Crippen LogP contribution in [0.1, 0.15) is 27.0 Å².